The Kier molecular flexibility index (Phi) is 5.94. The van der Waals surface area contributed by atoms with E-state index < -0.39 is 0 Å². The van der Waals surface area contributed by atoms with Crippen molar-refractivity contribution in [1.82, 2.24) is 15.3 Å². The zero-order chi connectivity index (χ0) is 23.0. The van der Waals surface area contributed by atoms with Crippen LogP contribution in [0, 0.1) is 34.5 Å². The van der Waals surface area contributed by atoms with Crippen molar-refractivity contribution in [2.45, 2.75) is 66.0 Å². The van der Waals surface area contributed by atoms with Crippen LogP contribution in [0.25, 0.3) is 11.3 Å². The van der Waals surface area contributed by atoms with E-state index in [0.717, 1.165) is 30.2 Å². The number of aromatic nitrogens is 2. The van der Waals surface area contributed by atoms with Gasteiger partial charge in [0.05, 0.1) is 22.9 Å². The number of carbonyl (C=O) groups is 1. The summed E-state index contributed by atoms with van der Waals surface area (Å²) in [7, 11) is 0. The molecule has 3 fully saturated rings. The minimum absolute atomic E-state index is 0. The maximum absolute atomic E-state index is 12.9. The Morgan fingerprint density at radius 2 is 2.03 bits per heavy atom. The third-order valence-electron chi connectivity index (χ3n) is 7.98. The molecule has 2 bridgehead atoms. The summed E-state index contributed by atoms with van der Waals surface area (Å²) in [5.74, 6) is 2.38. The van der Waals surface area contributed by atoms with E-state index in [0.29, 0.717) is 40.1 Å². The van der Waals surface area contributed by atoms with Gasteiger partial charge in [0.2, 0.25) is 5.95 Å². The number of nitrogens with one attached hydrogen (secondary N) is 2. The quantitative estimate of drug-likeness (QED) is 0.647. The normalized spacial score (nSPS) is 26.4. The van der Waals surface area contributed by atoms with Gasteiger partial charge in [-0.25, -0.2) is 9.97 Å². The zero-order valence-corrected chi connectivity index (χ0v) is 19.6. The second kappa shape index (κ2) is 8.54. The average molecular weight is 434 g/mol. The van der Waals surface area contributed by atoms with Gasteiger partial charge in [0.1, 0.15) is 0 Å². The fourth-order valence-electron chi connectivity index (χ4n) is 5.45. The van der Waals surface area contributed by atoms with E-state index >= 15 is 0 Å². The van der Waals surface area contributed by atoms with Gasteiger partial charge in [0, 0.05) is 25.3 Å². The first kappa shape index (κ1) is 22.3. The summed E-state index contributed by atoms with van der Waals surface area (Å²) in [6, 6.07) is 9.71. The number of carbonyl (C=O) groups excluding carboxylic acids is 1. The van der Waals surface area contributed by atoms with E-state index in [-0.39, 0.29) is 13.4 Å². The number of fused-ring (bicyclic) bond motifs is 2. The second-order valence-electron chi connectivity index (χ2n) is 10.1. The van der Waals surface area contributed by atoms with Crippen molar-refractivity contribution in [2.24, 2.45) is 23.2 Å². The number of hydrogen-bond donors (Lipinski definition) is 2. The number of benzene rings is 1. The maximum atomic E-state index is 12.9. The van der Waals surface area contributed by atoms with E-state index in [1.54, 1.807) is 18.3 Å². The largest absolute Gasteiger partial charge is 0.351 e. The molecule has 0 saturated heterocycles. The molecule has 3 aliphatic rings. The van der Waals surface area contributed by atoms with Crippen LogP contribution in [-0.2, 0) is 0 Å². The highest BCUT2D eigenvalue weighted by Crippen LogP contribution is 2.61. The molecule has 1 aromatic carbocycles. The Bertz CT molecular complexity index is 1050. The Hall–Kier alpha value is -2.94. The molecule has 5 unspecified atom stereocenters. The first-order valence-electron chi connectivity index (χ1n) is 11.7. The molecule has 0 radical (unpaired) electrons. The topological polar surface area (TPSA) is 90.7 Å². The van der Waals surface area contributed by atoms with Gasteiger partial charge >= 0.3 is 0 Å². The lowest BCUT2D eigenvalue weighted by Gasteiger charge is -2.62. The molecule has 170 valence electrons. The van der Waals surface area contributed by atoms with Gasteiger partial charge in [-0.3, -0.25) is 4.79 Å². The van der Waals surface area contributed by atoms with Gasteiger partial charge in [-0.2, -0.15) is 5.26 Å². The highest BCUT2D eigenvalue weighted by Gasteiger charge is 2.56. The van der Waals surface area contributed by atoms with Crippen LogP contribution < -0.4 is 10.6 Å². The lowest BCUT2D eigenvalue weighted by Crippen LogP contribution is -2.58. The lowest BCUT2D eigenvalue weighted by atomic mass is 9.45. The van der Waals surface area contributed by atoms with Gasteiger partial charge < -0.3 is 10.6 Å². The molecular formula is C26H35N5O. The number of hydrogen-bond acceptors (Lipinski definition) is 5. The number of amides is 1. The molecule has 5 rings (SSSR count). The van der Waals surface area contributed by atoms with Crippen molar-refractivity contribution in [3.63, 3.8) is 0 Å². The predicted molar refractivity (Wildman–Crippen MR) is 128 cm³/mol. The molecule has 0 spiro atoms. The van der Waals surface area contributed by atoms with Crippen molar-refractivity contribution < 1.29 is 6.22 Å². The van der Waals surface area contributed by atoms with Crippen LogP contribution in [0.1, 0.15) is 71.2 Å². The lowest BCUT2D eigenvalue weighted by molar-refractivity contribution is -0.105. The molecule has 3 aliphatic carbocycles. The van der Waals surface area contributed by atoms with Crippen LogP contribution >= 0.6 is 0 Å². The minimum Gasteiger partial charge on any atom is -0.351 e. The van der Waals surface area contributed by atoms with Crippen LogP contribution in [-0.4, -0.2) is 28.0 Å². The molecule has 5 atom stereocenters. The Balaban J connectivity index is 0.00000306. The highest BCUT2D eigenvalue weighted by molar-refractivity contribution is 6.00. The number of nitrogens with zero attached hydrogens (tertiary/aromatic N) is 3. The van der Waals surface area contributed by atoms with Gasteiger partial charge in [-0.1, -0.05) is 39.8 Å². The SMILES string of the molecule is CCC(C)NC(=O)c1cnc(NC2CC3CC(C2C)C3(C)C)nc1-c1ccc(C#N)cc1.[HH]. The smallest absolute Gasteiger partial charge is 0.255 e. The molecule has 1 aromatic heterocycles. The zero-order valence-electron chi connectivity index (χ0n) is 19.6. The van der Waals surface area contributed by atoms with Crippen LogP contribution in [0.3, 0.4) is 0 Å². The summed E-state index contributed by atoms with van der Waals surface area (Å²) < 4.78 is 0. The summed E-state index contributed by atoms with van der Waals surface area (Å²) >= 11 is 0. The number of rotatable bonds is 6. The summed E-state index contributed by atoms with van der Waals surface area (Å²) in [6.07, 6.45) is 4.91. The summed E-state index contributed by atoms with van der Waals surface area (Å²) in [6.45, 7) is 11.1. The molecule has 2 aromatic rings. The van der Waals surface area contributed by atoms with Gasteiger partial charge in [-0.05, 0) is 61.5 Å². The molecule has 2 N–H and O–H groups in total. The molecule has 1 amide bonds. The third-order valence-corrected chi connectivity index (χ3v) is 7.98. The Labute approximate surface area is 192 Å². The van der Waals surface area contributed by atoms with Crippen molar-refractivity contribution in [2.75, 3.05) is 5.32 Å². The Morgan fingerprint density at radius 1 is 1.31 bits per heavy atom. The van der Waals surface area contributed by atoms with Gasteiger partial charge in [0.15, 0.2) is 0 Å². The fraction of sp³-hybridized carbons (Fsp3) is 0.538. The van der Waals surface area contributed by atoms with E-state index in [9.17, 15) is 4.79 Å². The predicted octanol–water partition coefficient (Wildman–Crippen LogP) is 5.27. The molecule has 6 nitrogen and oxygen atoms in total. The molecular weight excluding hydrogens is 398 g/mol. The van der Waals surface area contributed by atoms with Crippen LogP contribution in [0.2, 0.25) is 0 Å². The van der Waals surface area contributed by atoms with Crippen LogP contribution in [0.5, 0.6) is 0 Å². The summed E-state index contributed by atoms with van der Waals surface area (Å²) in [5.41, 5.74) is 2.82. The van der Waals surface area contributed by atoms with E-state index in [1.165, 1.54) is 6.42 Å². The molecule has 6 heteroatoms. The standard InChI is InChI=1S/C26H33N5O.H2/c1-6-15(2)29-24(32)20-14-28-25(31-23(20)18-9-7-17(13-27)8-10-18)30-22-12-19-11-21(16(22)3)26(19,4)5;/h7-10,14-16,19,21-22H,6,11-12H2,1-5H3,(H,29,32)(H,28,30,31);1H. The average Bonchev–Trinajstić information content (AvgIpc) is 2.79. The van der Waals surface area contributed by atoms with Gasteiger partial charge in [-0.15, -0.1) is 0 Å². The van der Waals surface area contributed by atoms with Crippen molar-refractivity contribution in [1.29, 1.82) is 5.26 Å². The van der Waals surface area contributed by atoms with E-state index in [2.05, 4.69) is 42.5 Å². The molecule has 0 aliphatic heterocycles. The monoisotopic (exact) mass is 433 g/mol. The van der Waals surface area contributed by atoms with Crippen molar-refractivity contribution in [3.8, 4) is 17.3 Å². The Morgan fingerprint density at radius 3 is 2.62 bits per heavy atom. The van der Waals surface area contributed by atoms with E-state index in [1.807, 2.05) is 26.0 Å². The fourth-order valence-corrected chi connectivity index (χ4v) is 5.45. The summed E-state index contributed by atoms with van der Waals surface area (Å²) in [5, 5.41) is 15.7. The maximum Gasteiger partial charge on any atom is 0.255 e. The second-order valence-corrected chi connectivity index (χ2v) is 10.1. The first-order chi connectivity index (χ1) is 15.2. The van der Waals surface area contributed by atoms with Crippen molar-refractivity contribution >= 4 is 11.9 Å². The first-order valence-corrected chi connectivity index (χ1v) is 11.7. The summed E-state index contributed by atoms with van der Waals surface area (Å²) in [4.78, 5) is 22.3. The highest BCUT2D eigenvalue weighted by atomic mass is 16.1. The number of nitriles is 1. The minimum atomic E-state index is -0.181. The molecule has 1 heterocycles. The molecule has 32 heavy (non-hydrogen) atoms. The van der Waals surface area contributed by atoms with E-state index in [4.69, 9.17) is 10.2 Å². The van der Waals surface area contributed by atoms with Crippen molar-refractivity contribution in [3.05, 3.63) is 41.6 Å². The van der Waals surface area contributed by atoms with Gasteiger partial charge in [0.25, 0.3) is 5.91 Å². The van der Waals surface area contributed by atoms with Crippen LogP contribution in [0.15, 0.2) is 30.5 Å². The third kappa shape index (κ3) is 3.97. The number of anilines is 1. The van der Waals surface area contributed by atoms with Crippen LogP contribution in [0.4, 0.5) is 5.95 Å². The molecule has 3 saturated carbocycles.